The molecule has 2 aliphatic heterocycles. The average Bonchev–Trinajstić information content (AvgIpc) is 3.11. The molecule has 1 amide bonds. The monoisotopic (exact) mass is 452 g/mol. The van der Waals surface area contributed by atoms with Crippen molar-refractivity contribution in [2.75, 3.05) is 46.5 Å². The molecule has 172 valence electrons. The van der Waals surface area contributed by atoms with Crippen LogP contribution >= 0.6 is 0 Å². The number of hydrogen-bond donors (Lipinski definition) is 0. The highest BCUT2D eigenvalue weighted by atomic mass is 19.1. The molecule has 0 saturated carbocycles. The highest BCUT2D eigenvalue weighted by Crippen LogP contribution is 2.39. The van der Waals surface area contributed by atoms with Crippen molar-refractivity contribution in [3.8, 4) is 5.75 Å². The lowest BCUT2D eigenvalue weighted by atomic mass is 9.98. The van der Waals surface area contributed by atoms with Crippen LogP contribution in [-0.4, -0.2) is 62.2 Å². The zero-order chi connectivity index (χ0) is 22.9. The fourth-order valence-electron chi connectivity index (χ4n) is 4.67. The molecule has 0 radical (unpaired) electrons. The van der Waals surface area contributed by atoms with Crippen molar-refractivity contribution in [2.24, 2.45) is 0 Å². The molecule has 1 unspecified atom stereocenters. The van der Waals surface area contributed by atoms with E-state index < -0.39 is 17.8 Å². The van der Waals surface area contributed by atoms with Gasteiger partial charge in [0, 0.05) is 37.8 Å². The lowest BCUT2D eigenvalue weighted by molar-refractivity contribution is 0.0353. The van der Waals surface area contributed by atoms with Crippen LogP contribution in [0.2, 0.25) is 0 Å². The first-order valence-corrected chi connectivity index (χ1v) is 11.1. The van der Waals surface area contributed by atoms with Gasteiger partial charge in [-0.2, -0.15) is 0 Å². The minimum Gasteiger partial charge on any atom is -0.497 e. The maximum absolute atomic E-state index is 14.9. The Morgan fingerprint density at radius 3 is 2.64 bits per heavy atom. The fraction of sp³-hybridized carbons (Fsp3) is 0.360. The van der Waals surface area contributed by atoms with Gasteiger partial charge in [-0.3, -0.25) is 14.5 Å². The van der Waals surface area contributed by atoms with Crippen LogP contribution in [0.1, 0.15) is 34.1 Å². The first kappa shape index (κ1) is 21.6. The van der Waals surface area contributed by atoms with Gasteiger partial charge in [0.1, 0.15) is 17.1 Å². The second kappa shape index (κ2) is 8.96. The zero-order valence-electron chi connectivity index (χ0n) is 18.4. The van der Waals surface area contributed by atoms with E-state index >= 15 is 0 Å². The number of morpholine rings is 1. The molecule has 0 N–H and O–H groups in total. The fourth-order valence-corrected chi connectivity index (χ4v) is 4.67. The Labute approximate surface area is 190 Å². The van der Waals surface area contributed by atoms with Crippen molar-refractivity contribution >= 4 is 16.9 Å². The Hall–Kier alpha value is -3.23. The van der Waals surface area contributed by atoms with Crippen molar-refractivity contribution in [2.45, 2.75) is 12.5 Å². The SMILES string of the molecule is COc1ccc2c(=O)c3c(oc2c1)C(=O)N(CCCN1CCOCC1)C3c1ccccc1F. The number of hydrogen-bond acceptors (Lipinski definition) is 6. The van der Waals surface area contributed by atoms with E-state index in [2.05, 4.69) is 4.90 Å². The van der Waals surface area contributed by atoms with Crippen LogP contribution in [0.3, 0.4) is 0 Å². The van der Waals surface area contributed by atoms with Crippen LogP contribution in [0.5, 0.6) is 5.75 Å². The quantitative estimate of drug-likeness (QED) is 0.572. The predicted octanol–water partition coefficient (Wildman–Crippen LogP) is 3.21. The standard InChI is InChI=1S/C25H25FN2O5/c1-31-16-7-8-18-20(15-16)33-24-21(23(18)29)22(17-5-2-3-6-19(17)26)28(25(24)30)10-4-9-27-11-13-32-14-12-27/h2-3,5-8,15,22H,4,9-14H2,1H3. The first-order chi connectivity index (χ1) is 16.1. The lowest BCUT2D eigenvalue weighted by Crippen LogP contribution is -2.39. The molecule has 33 heavy (non-hydrogen) atoms. The Kier molecular flexibility index (Phi) is 5.86. The number of ether oxygens (including phenoxy) is 2. The summed E-state index contributed by atoms with van der Waals surface area (Å²) >= 11 is 0. The molecular weight excluding hydrogens is 427 g/mol. The molecule has 0 spiro atoms. The van der Waals surface area contributed by atoms with Crippen LogP contribution in [-0.2, 0) is 4.74 Å². The van der Waals surface area contributed by atoms with Crippen LogP contribution in [0, 0.1) is 5.82 Å². The molecule has 1 aromatic heterocycles. The van der Waals surface area contributed by atoms with Crippen LogP contribution in [0.4, 0.5) is 4.39 Å². The van der Waals surface area contributed by atoms with Gasteiger partial charge in [0.25, 0.3) is 5.91 Å². The molecular formula is C25H25FN2O5. The molecule has 1 saturated heterocycles. The molecule has 8 heteroatoms. The number of methoxy groups -OCH3 is 1. The summed E-state index contributed by atoms with van der Waals surface area (Å²) in [7, 11) is 1.52. The van der Waals surface area contributed by atoms with Crippen LogP contribution in [0.15, 0.2) is 51.7 Å². The van der Waals surface area contributed by atoms with Crippen molar-refractivity contribution in [1.29, 1.82) is 0 Å². The number of carbonyl (C=O) groups excluding carboxylic acids is 1. The van der Waals surface area contributed by atoms with Crippen molar-refractivity contribution in [3.63, 3.8) is 0 Å². The average molecular weight is 452 g/mol. The second-order valence-electron chi connectivity index (χ2n) is 8.27. The van der Waals surface area contributed by atoms with Gasteiger partial charge in [0.2, 0.25) is 5.76 Å². The molecule has 3 aromatic rings. The van der Waals surface area contributed by atoms with Crippen molar-refractivity contribution in [3.05, 3.63) is 75.4 Å². The van der Waals surface area contributed by atoms with E-state index in [0.29, 0.717) is 37.3 Å². The van der Waals surface area contributed by atoms with E-state index in [1.165, 1.54) is 13.2 Å². The van der Waals surface area contributed by atoms with Gasteiger partial charge in [0.05, 0.1) is 37.3 Å². The summed E-state index contributed by atoms with van der Waals surface area (Å²) < 4.78 is 31.4. The number of amides is 1. The summed E-state index contributed by atoms with van der Waals surface area (Å²) in [5, 5.41) is 0.332. The van der Waals surface area contributed by atoms with Crippen LogP contribution < -0.4 is 10.2 Å². The van der Waals surface area contributed by atoms with Gasteiger partial charge in [-0.25, -0.2) is 4.39 Å². The number of carbonyl (C=O) groups is 1. The smallest absolute Gasteiger partial charge is 0.290 e. The minimum atomic E-state index is -0.832. The molecule has 0 aliphatic carbocycles. The maximum Gasteiger partial charge on any atom is 0.290 e. The number of fused-ring (bicyclic) bond motifs is 2. The van der Waals surface area contributed by atoms with E-state index in [1.54, 1.807) is 41.3 Å². The lowest BCUT2D eigenvalue weighted by Gasteiger charge is -2.29. The van der Waals surface area contributed by atoms with Gasteiger partial charge >= 0.3 is 0 Å². The van der Waals surface area contributed by atoms with Gasteiger partial charge in [-0.15, -0.1) is 0 Å². The van der Waals surface area contributed by atoms with E-state index in [4.69, 9.17) is 13.9 Å². The summed E-state index contributed by atoms with van der Waals surface area (Å²) in [6.45, 7) is 4.24. The van der Waals surface area contributed by atoms with E-state index in [1.807, 2.05) is 0 Å². The zero-order valence-corrected chi connectivity index (χ0v) is 18.4. The Bertz CT molecular complexity index is 1250. The molecule has 0 bridgehead atoms. The topological polar surface area (TPSA) is 72.2 Å². The second-order valence-corrected chi connectivity index (χ2v) is 8.27. The van der Waals surface area contributed by atoms with Gasteiger partial charge < -0.3 is 18.8 Å². The van der Waals surface area contributed by atoms with Crippen LogP contribution in [0.25, 0.3) is 11.0 Å². The van der Waals surface area contributed by atoms with Crippen molar-refractivity contribution in [1.82, 2.24) is 9.80 Å². The van der Waals surface area contributed by atoms with Crippen molar-refractivity contribution < 1.29 is 23.1 Å². The number of nitrogens with zero attached hydrogens (tertiary/aromatic N) is 2. The highest BCUT2D eigenvalue weighted by molar-refractivity contribution is 5.99. The molecule has 2 aromatic carbocycles. The largest absolute Gasteiger partial charge is 0.497 e. The van der Waals surface area contributed by atoms with Gasteiger partial charge in [-0.1, -0.05) is 18.2 Å². The summed E-state index contributed by atoms with van der Waals surface area (Å²) in [6, 6.07) is 10.3. The summed E-state index contributed by atoms with van der Waals surface area (Å²) in [5.74, 6) is -0.373. The van der Waals surface area contributed by atoms with Gasteiger partial charge in [0.15, 0.2) is 5.43 Å². The predicted molar refractivity (Wildman–Crippen MR) is 120 cm³/mol. The molecule has 1 atom stereocenters. The molecule has 2 aliphatic rings. The molecule has 1 fully saturated rings. The van der Waals surface area contributed by atoms with E-state index in [-0.39, 0.29) is 27.9 Å². The van der Waals surface area contributed by atoms with Gasteiger partial charge in [-0.05, 0) is 24.6 Å². The highest BCUT2D eigenvalue weighted by Gasteiger charge is 2.43. The third-order valence-electron chi connectivity index (χ3n) is 6.35. The first-order valence-electron chi connectivity index (χ1n) is 11.1. The third kappa shape index (κ3) is 3.89. The number of benzene rings is 2. The molecule has 3 heterocycles. The minimum absolute atomic E-state index is 0.0274. The Morgan fingerprint density at radius 1 is 1.09 bits per heavy atom. The normalized spacial score (nSPS) is 18.7. The number of halogens is 1. The Balaban J connectivity index is 1.55. The summed E-state index contributed by atoms with van der Waals surface area (Å²) in [6.07, 6.45) is 0.687. The Morgan fingerprint density at radius 2 is 1.88 bits per heavy atom. The van der Waals surface area contributed by atoms with E-state index in [9.17, 15) is 14.0 Å². The number of rotatable bonds is 6. The maximum atomic E-state index is 14.9. The van der Waals surface area contributed by atoms with E-state index in [0.717, 1.165) is 19.6 Å². The summed E-state index contributed by atoms with van der Waals surface area (Å²) in [4.78, 5) is 30.8. The summed E-state index contributed by atoms with van der Waals surface area (Å²) in [5.41, 5.74) is 0.422. The molecule has 5 rings (SSSR count). The molecule has 7 nitrogen and oxygen atoms in total. The third-order valence-corrected chi connectivity index (χ3v) is 6.35.